The van der Waals surface area contributed by atoms with E-state index in [1.807, 2.05) is 30.3 Å². The van der Waals surface area contributed by atoms with E-state index in [0.29, 0.717) is 10.6 Å². The molecular formula is C31H34Cl2F3N3O4S. The number of halogens is 5. The van der Waals surface area contributed by atoms with Crippen molar-refractivity contribution in [3.63, 3.8) is 0 Å². The molecule has 0 saturated carbocycles. The predicted molar refractivity (Wildman–Crippen MR) is 167 cm³/mol. The largest absolute Gasteiger partial charge is 0.416 e. The van der Waals surface area contributed by atoms with E-state index >= 15 is 0 Å². The van der Waals surface area contributed by atoms with Gasteiger partial charge >= 0.3 is 6.18 Å². The van der Waals surface area contributed by atoms with Gasteiger partial charge in [-0.3, -0.25) is 13.9 Å². The molecular weight excluding hydrogens is 638 g/mol. The average Bonchev–Trinajstić information content (AvgIpc) is 2.94. The van der Waals surface area contributed by atoms with Crippen LogP contribution in [0.1, 0.15) is 43.4 Å². The van der Waals surface area contributed by atoms with Crippen molar-refractivity contribution in [1.82, 2.24) is 10.2 Å². The van der Waals surface area contributed by atoms with Crippen LogP contribution < -0.4 is 9.62 Å². The summed E-state index contributed by atoms with van der Waals surface area (Å²) >= 11 is 12.3. The number of carbonyl (C=O) groups is 2. The summed E-state index contributed by atoms with van der Waals surface area (Å²) in [6, 6.07) is 16.9. The lowest BCUT2D eigenvalue weighted by atomic mass is 10.0. The van der Waals surface area contributed by atoms with Gasteiger partial charge in [-0.05, 0) is 61.7 Å². The van der Waals surface area contributed by atoms with Crippen molar-refractivity contribution in [2.24, 2.45) is 0 Å². The monoisotopic (exact) mass is 671 g/mol. The van der Waals surface area contributed by atoms with E-state index < -0.39 is 33.7 Å². The zero-order valence-corrected chi connectivity index (χ0v) is 26.8. The Morgan fingerprint density at radius 2 is 1.59 bits per heavy atom. The minimum Gasteiger partial charge on any atom is -0.352 e. The molecule has 2 amide bonds. The van der Waals surface area contributed by atoms with Gasteiger partial charge in [0.25, 0.3) is 0 Å². The number of rotatable bonds is 13. The molecule has 7 nitrogen and oxygen atoms in total. The lowest BCUT2D eigenvalue weighted by molar-refractivity contribution is -0.141. The molecule has 44 heavy (non-hydrogen) atoms. The van der Waals surface area contributed by atoms with Crippen LogP contribution in [0.5, 0.6) is 0 Å². The summed E-state index contributed by atoms with van der Waals surface area (Å²) in [5.74, 6) is -0.826. The minimum absolute atomic E-state index is 0.00214. The van der Waals surface area contributed by atoms with Crippen molar-refractivity contribution in [1.29, 1.82) is 0 Å². The molecule has 0 spiro atoms. The molecule has 1 atom stereocenters. The summed E-state index contributed by atoms with van der Waals surface area (Å²) in [5, 5.41) is 3.47. The van der Waals surface area contributed by atoms with Crippen LogP contribution in [0.4, 0.5) is 18.9 Å². The lowest BCUT2D eigenvalue weighted by Gasteiger charge is -2.32. The first-order valence-corrected chi connectivity index (χ1v) is 16.4. The van der Waals surface area contributed by atoms with Gasteiger partial charge in [-0.1, -0.05) is 65.7 Å². The second-order valence-corrected chi connectivity index (χ2v) is 13.3. The zero-order valence-electron chi connectivity index (χ0n) is 24.4. The molecule has 3 rings (SSSR count). The summed E-state index contributed by atoms with van der Waals surface area (Å²) in [7, 11) is -3.99. The molecule has 1 unspecified atom stereocenters. The number of hydrogen-bond donors (Lipinski definition) is 1. The normalized spacial score (nSPS) is 12.6. The molecule has 0 aliphatic carbocycles. The fourth-order valence-corrected chi connectivity index (χ4v) is 5.89. The number of sulfonamides is 1. The van der Waals surface area contributed by atoms with E-state index in [1.54, 1.807) is 32.0 Å². The van der Waals surface area contributed by atoms with E-state index in [-0.39, 0.29) is 55.0 Å². The van der Waals surface area contributed by atoms with Gasteiger partial charge in [0.1, 0.15) is 6.04 Å². The number of benzene rings is 3. The van der Waals surface area contributed by atoms with Gasteiger partial charge in [-0.25, -0.2) is 8.42 Å². The molecule has 13 heteroatoms. The molecule has 238 valence electrons. The summed E-state index contributed by atoms with van der Waals surface area (Å²) < 4.78 is 65.9. The number of amides is 2. The Balaban J connectivity index is 1.92. The number of hydrogen-bond acceptors (Lipinski definition) is 4. The van der Waals surface area contributed by atoms with Crippen LogP contribution in [-0.2, 0) is 38.8 Å². The Bertz CT molecular complexity index is 1550. The van der Waals surface area contributed by atoms with Crippen LogP contribution in [0.25, 0.3) is 0 Å². The van der Waals surface area contributed by atoms with Crippen molar-refractivity contribution in [2.45, 2.75) is 57.9 Å². The molecule has 0 aliphatic heterocycles. The summed E-state index contributed by atoms with van der Waals surface area (Å²) in [6.45, 7) is 3.35. The first kappa shape index (κ1) is 35.2. The summed E-state index contributed by atoms with van der Waals surface area (Å²) in [6.07, 6.45) is -3.79. The highest BCUT2D eigenvalue weighted by atomic mass is 35.5. The number of carbonyl (C=O) groups excluding carboxylic acids is 2. The topological polar surface area (TPSA) is 86.8 Å². The number of nitrogens with zero attached hydrogens (tertiary/aromatic N) is 2. The first-order chi connectivity index (χ1) is 20.6. The van der Waals surface area contributed by atoms with Crippen LogP contribution in [-0.4, -0.2) is 50.0 Å². The fraction of sp³-hybridized carbons (Fsp3) is 0.355. The van der Waals surface area contributed by atoms with Crippen molar-refractivity contribution in [2.75, 3.05) is 17.1 Å². The maximum absolute atomic E-state index is 13.8. The SMILES string of the molecule is CC(C)NC(=O)C(Cc1ccccc1)N(Cc1ccc(Cl)c(Cl)c1)C(=O)CCCN(c1cccc(C(F)(F)F)c1)S(C)(=O)=O. The third kappa shape index (κ3) is 10.1. The van der Waals surface area contributed by atoms with Crippen LogP contribution in [0, 0.1) is 0 Å². The highest BCUT2D eigenvalue weighted by Gasteiger charge is 2.33. The van der Waals surface area contributed by atoms with Crippen LogP contribution >= 0.6 is 23.2 Å². The number of nitrogens with one attached hydrogen (secondary N) is 1. The average molecular weight is 673 g/mol. The van der Waals surface area contributed by atoms with Crippen molar-refractivity contribution in [3.8, 4) is 0 Å². The fourth-order valence-electron chi connectivity index (χ4n) is 4.61. The highest BCUT2D eigenvalue weighted by molar-refractivity contribution is 7.92. The van der Waals surface area contributed by atoms with E-state index in [9.17, 15) is 31.2 Å². The molecule has 0 aromatic heterocycles. The second-order valence-electron chi connectivity index (χ2n) is 10.6. The molecule has 1 N–H and O–H groups in total. The molecule has 0 bridgehead atoms. The van der Waals surface area contributed by atoms with E-state index in [4.69, 9.17) is 23.2 Å². The van der Waals surface area contributed by atoms with Gasteiger partial charge in [0, 0.05) is 32.0 Å². The Labute approximate surface area is 266 Å². The van der Waals surface area contributed by atoms with Gasteiger partial charge in [0.15, 0.2) is 0 Å². The summed E-state index contributed by atoms with van der Waals surface area (Å²) in [4.78, 5) is 28.8. The van der Waals surface area contributed by atoms with Crippen LogP contribution in [0.15, 0.2) is 72.8 Å². The third-order valence-electron chi connectivity index (χ3n) is 6.65. The third-order valence-corrected chi connectivity index (χ3v) is 8.59. The summed E-state index contributed by atoms with van der Waals surface area (Å²) in [5.41, 5.74) is 0.272. The molecule has 0 heterocycles. The lowest BCUT2D eigenvalue weighted by Crippen LogP contribution is -2.51. The number of anilines is 1. The van der Waals surface area contributed by atoms with Crippen molar-refractivity contribution in [3.05, 3.63) is 99.5 Å². The Morgan fingerprint density at radius 1 is 0.909 bits per heavy atom. The van der Waals surface area contributed by atoms with Gasteiger partial charge in [0.05, 0.1) is 27.6 Å². The van der Waals surface area contributed by atoms with E-state index in [1.165, 1.54) is 11.0 Å². The van der Waals surface area contributed by atoms with Crippen LogP contribution in [0.3, 0.4) is 0 Å². The van der Waals surface area contributed by atoms with E-state index in [2.05, 4.69) is 5.32 Å². The first-order valence-electron chi connectivity index (χ1n) is 13.8. The van der Waals surface area contributed by atoms with Crippen molar-refractivity contribution < 1.29 is 31.2 Å². The standard InChI is InChI=1S/C31H34Cl2F3N3O4S/c1-21(2)37-30(41)28(18-22-9-5-4-6-10-22)38(20-23-14-15-26(32)27(33)17-23)29(40)13-8-16-39(44(3,42)43)25-12-7-11-24(19-25)31(34,35)36/h4-7,9-12,14-15,17,19,21,28H,8,13,16,18,20H2,1-3H3,(H,37,41). The Kier molecular flexibility index (Phi) is 12.1. The molecule has 3 aromatic rings. The van der Waals surface area contributed by atoms with Gasteiger partial charge in [0.2, 0.25) is 21.8 Å². The van der Waals surface area contributed by atoms with Crippen LogP contribution in [0.2, 0.25) is 10.0 Å². The molecule has 0 radical (unpaired) electrons. The minimum atomic E-state index is -4.66. The molecule has 3 aromatic carbocycles. The van der Waals surface area contributed by atoms with Gasteiger partial charge in [-0.2, -0.15) is 13.2 Å². The zero-order chi connectivity index (χ0) is 32.7. The second kappa shape index (κ2) is 15.1. The quantitative estimate of drug-likeness (QED) is 0.219. The maximum Gasteiger partial charge on any atom is 0.416 e. The molecule has 0 aliphatic rings. The van der Waals surface area contributed by atoms with E-state index in [0.717, 1.165) is 34.3 Å². The smallest absolute Gasteiger partial charge is 0.352 e. The Hall–Kier alpha value is -3.28. The predicted octanol–water partition coefficient (Wildman–Crippen LogP) is 6.72. The maximum atomic E-state index is 13.8. The Morgan fingerprint density at radius 3 is 2.18 bits per heavy atom. The molecule has 0 fully saturated rings. The molecule has 0 saturated heterocycles. The number of alkyl halides is 3. The van der Waals surface area contributed by atoms with Crippen molar-refractivity contribution >= 4 is 50.7 Å². The highest BCUT2D eigenvalue weighted by Crippen LogP contribution is 2.32. The van der Waals surface area contributed by atoms with Gasteiger partial charge in [-0.15, -0.1) is 0 Å². The van der Waals surface area contributed by atoms with Gasteiger partial charge < -0.3 is 10.2 Å².